The Kier molecular flexibility index (Phi) is 3.31. The van der Waals surface area contributed by atoms with Gasteiger partial charge in [0.05, 0.1) is 6.61 Å². The van der Waals surface area contributed by atoms with Crippen molar-refractivity contribution in [3.05, 3.63) is 35.4 Å². The fourth-order valence-electron chi connectivity index (χ4n) is 2.42. The minimum atomic E-state index is -0.874. The first-order valence-electron chi connectivity index (χ1n) is 5.96. The lowest BCUT2D eigenvalue weighted by molar-refractivity contribution is -0.0218. The van der Waals surface area contributed by atoms with Crippen molar-refractivity contribution in [2.24, 2.45) is 0 Å². The molecule has 2 heteroatoms. The normalized spacial score (nSPS) is 20.2. The van der Waals surface area contributed by atoms with Gasteiger partial charge in [-0.1, -0.05) is 30.7 Å². The second kappa shape index (κ2) is 4.56. The number of methoxy groups -OCH3 is 1. The van der Waals surface area contributed by atoms with E-state index >= 15 is 0 Å². The van der Waals surface area contributed by atoms with Gasteiger partial charge in [-0.2, -0.15) is 0 Å². The van der Waals surface area contributed by atoms with Gasteiger partial charge in [0.15, 0.2) is 0 Å². The molecule has 1 atom stereocenters. The highest BCUT2D eigenvalue weighted by molar-refractivity contribution is 5.35. The molecule has 16 heavy (non-hydrogen) atoms. The third-order valence-electron chi connectivity index (χ3n) is 3.51. The van der Waals surface area contributed by atoms with E-state index in [1.54, 1.807) is 7.11 Å². The van der Waals surface area contributed by atoms with E-state index < -0.39 is 5.60 Å². The first-order chi connectivity index (χ1) is 7.65. The summed E-state index contributed by atoms with van der Waals surface area (Å²) in [6.07, 6.45) is 3.81. The van der Waals surface area contributed by atoms with Crippen molar-refractivity contribution in [2.75, 3.05) is 13.7 Å². The van der Waals surface area contributed by atoms with Crippen LogP contribution in [0.4, 0.5) is 0 Å². The smallest absolute Gasteiger partial charge is 0.110 e. The molecule has 88 valence electrons. The van der Waals surface area contributed by atoms with Crippen LogP contribution in [0.2, 0.25) is 0 Å². The Morgan fingerprint density at radius 2 is 2.06 bits per heavy atom. The van der Waals surface area contributed by atoms with E-state index in [0.717, 1.165) is 5.56 Å². The van der Waals surface area contributed by atoms with Crippen LogP contribution in [0.15, 0.2) is 24.3 Å². The van der Waals surface area contributed by atoms with E-state index in [0.29, 0.717) is 12.5 Å². The number of aliphatic hydroxyl groups is 1. The van der Waals surface area contributed by atoms with Gasteiger partial charge in [0, 0.05) is 7.11 Å². The van der Waals surface area contributed by atoms with Crippen LogP contribution in [0.25, 0.3) is 0 Å². The molecule has 0 heterocycles. The average Bonchev–Trinajstić information content (AvgIpc) is 2.15. The van der Waals surface area contributed by atoms with Gasteiger partial charge >= 0.3 is 0 Å². The Balaban J connectivity index is 2.31. The maximum Gasteiger partial charge on any atom is 0.110 e. The van der Waals surface area contributed by atoms with E-state index in [-0.39, 0.29) is 0 Å². The summed E-state index contributed by atoms with van der Waals surface area (Å²) in [4.78, 5) is 0. The number of rotatable bonds is 4. The predicted octanol–water partition coefficient (Wildman–Crippen LogP) is 2.81. The van der Waals surface area contributed by atoms with Gasteiger partial charge < -0.3 is 9.84 Å². The highest BCUT2D eigenvalue weighted by Gasteiger charge is 2.30. The minimum absolute atomic E-state index is 0.344. The quantitative estimate of drug-likeness (QED) is 0.845. The lowest BCUT2D eigenvalue weighted by Crippen LogP contribution is -2.29. The summed E-state index contributed by atoms with van der Waals surface area (Å²) in [6, 6.07) is 8.21. The zero-order valence-corrected chi connectivity index (χ0v) is 10.1. The van der Waals surface area contributed by atoms with Crippen LogP contribution < -0.4 is 0 Å². The van der Waals surface area contributed by atoms with Crippen molar-refractivity contribution in [1.29, 1.82) is 0 Å². The Hall–Kier alpha value is -0.860. The largest absolute Gasteiger partial charge is 0.383 e. The van der Waals surface area contributed by atoms with Crippen LogP contribution in [0.1, 0.15) is 43.2 Å². The molecule has 1 aromatic rings. The molecule has 1 aliphatic carbocycles. The summed E-state index contributed by atoms with van der Waals surface area (Å²) in [5.74, 6) is 0.638. The van der Waals surface area contributed by atoms with Crippen LogP contribution in [0.3, 0.4) is 0 Å². The van der Waals surface area contributed by atoms with Gasteiger partial charge in [-0.25, -0.2) is 0 Å². The van der Waals surface area contributed by atoms with Gasteiger partial charge in [-0.05, 0) is 36.8 Å². The molecule has 0 aromatic heterocycles. The topological polar surface area (TPSA) is 29.5 Å². The SMILES string of the molecule is COCC(C)(O)c1ccccc1C1CCC1. The molecule has 2 nitrogen and oxygen atoms in total. The van der Waals surface area contributed by atoms with Crippen molar-refractivity contribution in [2.45, 2.75) is 37.7 Å². The fourth-order valence-corrected chi connectivity index (χ4v) is 2.42. The molecule has 0 amide bonds. The number of hydrogen-bond acceptors (Lipinski definition) is 2. The van der Waals surface area contributed by atoms with Crippen LogP contribution in [0.5, 0.6) is 0 Å². The Labute approximate surface area is 97.3 Å². The van der Waals surface area contributed by atoms with Gasteiger partial charge in [0.1, 0.15) is 5.60 Å². The molecule has 1 saturated carbocycles. The second-order valence-electron chi connectivity index (χ2n) is 4.92. The molecule has 1 fully saturated rings. The molecule has 1 unspecified atom stereocenters. The summed E-state index contributed by atoms with van der Waals surface area (Å²) in [7, 11) is 1.63. The van der Waals surface area contributed by atoms with Crippen molar-refractivity contribution in [1.82, 2.24) is 0 Å². The first kappa shape index (κ1) is 11.6. The highest BCUT2D eigenvalue weighted by Crippen LogP contribution is 2.40. The van der Waals surface area contributed by atoms with Gasteiger partial charge in [0.25, 0.3) is 0 Å². The molecular weight excluding hydrogens is 200 g/mol. The molecule has 1 aromatic carbocycles. The van der Waals surface area contributed by atoms with Crippen LogP contribution in [0, 0.1) is 0 Å². The summed E-state index contributed by atoms with van der Waals surface area (Å²) in [5, 5.41) is 10.4. The molecule has 1 N–H and O–H groups in total. The van der Waals surface area contributed by atoms with Crippen molar-refractivity contribution < 1.29 is 9.84 Å². The fraction of sp³-hybridized carbons (Fsp3) is 0.571. The summed E-state index contributed by atoms with van der Waals surface area (Å²) in [6.45, 7) is 2.17. The number of benzene rings is 1. The minimum Gasteiger partial charge on any atom is -0.383 e. The molecule has 1 aliphatic rings. The van der Waals surface area contributed by atoms with Gasteiger partial charge in [-0.15, -0.1) is 0 Å². The Bertz CT molecular complexity index is 354. The van der Waals surface area contributed by atoms with E-state index in [4.69, 9.17) is 4.74 Å². The first-order valence-corrected chi connectivity index (χ1v) is 5.96. The van der Waals surface area contributed by atoms with Crippen LogP contribution in [-0.2, 0) is 10.3 Å². The van der Waals surface area contributed by atoms with E-state index in [1.807, 2.05) is 19.1 Å². The maximum atomic E-state index is 10.4. The maximum absolute atomic E-state index is 10.4. The van der Waals surface area contributed by atoms with Crippen LogP contribution in [-0.4, -0.2) is 18.8 Å². The number of ether oxygens (including phenoxy) is 1. The molecule has 0 aliphatic heterocycles. The lowest BCUT2D eigenvalue weighted by atomic mass is 9.75. The zero-order valence-electron chi connectivity index (χ0n) is 10.1. The standard InChI is InChI=1S/C14H20O2/c1-14(15,10-16-2)13-9-4-3-8-12(13)11-6-5-7-11/h3-4,8-9,11,15H,5-7,10H2,1-2H3. The Morgan fingerprint density at radius 3 is 2.62 bits per heavy atom. The van der Waals surface area contributed by atoms with Gasteiger partial charge in [-0.3, -0.25) is 0 Å². The molecule has 0 bridgehead atoms. The van der Waals surface area contributed by atoms with Crippen molar-refractivity contribution in [3.8, 4) is 0 Å². The van der Waals surface area contributed by atoms with E-state index in [1.165, 1.54) is 24.8 Å². The molecular formula is C14H20O2. The predicted molar refractivity (Wildman–Crippen MR) is 64.5 cm³/mol. The number of hydrogen-bond donors (Lipinski definition) is 1. The monoisotopic (exact) mass is 220 g/mol. The van der Waals surface area contributed by atoms with E-state index in [9.17, 15) is 5.11 Å². The summed E-state index contributed by atoms with van der Waals surface area (Å²) >= 11 is 0. The van der Waals surface area contributed by atoms with Crippen LogP contribution >= 0.6 is 0 Å². The van der Waals surface area contributed by atoms with E-state index in [2.05, 4.69) is 12.1 Å². The van der Waals surface area contributed by atoms with Gasteiger partial charge in [0.2, 0.25) is 0 Å². The third-order valence-corrected chi connectivity index (χ3v) is 3.51. The lowest BCUT2D eigenvalue weighted by Gasteiger charge is -2.32. The Morgan fingerprint density at radius 1 is 1.38 bits per heavy atom. The zero-order chi connectivity index (χ0) is 11.6. The highest BCUT2D eigenvalue weighted by atomic mass is 16.5. The average molecular weight is 220 g/mol. The molecule has 0 radical (unpaired) electrons. The third kappa shape index (κ3) is 2.13. The molecule has 0 spiro atoms. The van der Waals surface area contributed by atoms with Crippen molar-refractivity contribution in [3.63, 3.8) is 0 Å². The summed E-state index contributed by atoms with van der Waals surface area (Å²) in [5.41, 5.74) is 1.46. The molecule has 2 rings (SSSR count). The van der Waals surface area contributed by atoms with Crippen molar-refractivity contribution >= 4 is 0 Å². The second-order valence-corrected chi connectivity index (χ2v) is 4.92. The summed E-state index contributed by atoms with van der Waals surface area (Å²) < 4.78 is 5.10. The molecule has 0 saturated heterocycles.